The zero-order valence-corrected chi connectivity index (χ0v) is 19.7. The first kappa shape index (κ1) is 18.2. The van der Waals surface area contributed by atoms with Crippen molar-refractivity contribution < 1.29 is 0 Å². The monoisotopic (exact) mass is 424 g/mol. The van der Waals surface area contributed by atoms with Gasteiger partial charge in [-0.25, -0.2) is 0 Å². The molecule has 0 spiro atoms. The van der Waals surface area contributed by atoms with E-state index in [9.17, 15) is 0 Å². The van der Waals surface area contributed by atoms with Crippen molar-refractivity contribution in [1.29, 1.82) is 0 Å². The van der Waals surface area contributed by atoms with Crippen molar-refractivity contribution in [3.05, 3.63) is 96.6 Å². The number of fused-ring (bicyclic) bond motifs is 13. The van der Waals surface area contributed by atoms with E-state index in [4.69, 9.17) is 0 Å². The van der Waals surface area contributed by atoms with Crippen molar-refractivity contribution in [3.63, 3.8) is 0 Å². The van der Waals surface area contributed by atoms with Crippen LogP contribution in [0.5, 0.6) is 0 Å². The molecule has 0 nitrogen and oxygen atoms in total. The number of hydrogen-bond acceptors (Lipinski definition) is 0. The van der Waals surface area contributed by atoms with E-state index < -0.39 is 8.07 Å². The van der Waals surface area contributed by atoms with Gasteiger partial charge in [0.2, 0.25) is 0 Å². The first-order valence-electron chi connectivity index (χ1n) is 11.5. The molecule has 1 heteroatoms. The fourth-order valence-corrected chi connectivity index (χ4v) is 9.75. The molecule has 1 aliphatic rings. The molecule has 1 aliphatic heterocycles. The Morgan fingerprint density at radius 2 is 1.12 bits per heavy atom. The van der Waals surface area contributed by atoms with Gasteiger partial charge in [-0.15, -0.1) is 0 Å². The van der Waals surface area contributed by atoms with Crippen molar-refractivity contribution >= 4 is 61.5 Å². The van der Waals surface area contributed by atoms with Crippen LogP contribution in [0, 0.1) is 6.92 Å². The van der Waals surface area contributed by atoms with E-state index in [0.29, 0.717) is 0 Å². The molecule has 0 aromatic heterocycles. The van der Waals surface area contributed by atoms with Gasteiger partial charge < -0.3 is 0 Å². The molecule has 152 valence electrons. The minimum absolute atomic E-state index is 1.31. The Labute approximate surface area is 189 Å². The van der Waals surface area contributed by atoms with Crippen molar-refractivity contribution in [1.82, 2.24) is 0 Å². The molecule has 0 aliphatic carbocycles. The highest BCUT2D eigenvalue weighted by Crippen LogP contribution is 2.44. The van der Waals surface area contributed by atoms with Gasteiger partial charge in [-0.1, -0.05) is 110 Å². The Morgan fingerprint density at radius 3 is 1.91 bits per heavy atom. The van der Waals surface area contributed by atoms with Gasteiger partial charge in [0.05, 0.1) is 0 Å². The second kappa shape index (κ2) is 6.09. The largest absolute Gasteiger partial charge is 0.114 e. The Balaban J connectivity index is 1.90. The summed E-state index contributed by atoms with van der Waals surface area (Å²) >= 11 is 0. The fourth-order valence-electron chi connectivity index (χ4n) is 6.31. The lowest BCUT2D eigenvalue weighted by atomic mass is 9.87. The Bertz CT molecular complexity index is 1750. The Kier molecular flexibility index (Phi) is 3.46. The van der Waals surface area contributed by atoms with Crippen LogP contribution >= 0.6 is 0 Å². The molecule has 0 saturated carbocycles. The first-order valence-corrected chi connectivity index (χ1v) is 14.5. The minimum atomic E-state index is -1.88. The van der Waals surface area contributed by atoms with E-state index in [1.54, 1.807) is 10.4 Å². The summed E-state index contributed by atoms with van der Waals surface area (Å²) in [5.41, 5.74) is 4.25. The smallest absolute Gasteiger partial charge is 0.0623 e. The molecule has 0 fully saturated rings. The summed E-state index contributed by atoms with van der Waals surface area (Å²) in [5, 5.41) is 14.4. The standard InChI is InChI=1S/C31H24Si/c1-19-16-17-24-26(18-19)20-10-4-5-11-21(20)30-28(24)22-12-6-7-13-23(22)29-25-14-8-9-15-27(25)32(2,3)31(29)30/h4-18H,1-3H3. The lowest BCUT2D eigenvalue weighted by Crippen LogP contribution is -2.49. The molecule has 0 radical (unpaired) electrons. The van der Waals surface area contributed by atoms with Gasteiger partial charge in [-0.2, -0.15) is 0 Å². The van der Waals surface area contributed by atoms with Crippen LogP contribution in [0.4, 0.5) is 0 Å². The van der Waals surface area contributed by atoms with E-state index >= 15 is 0 Å². The van der Waals surface area contributed by atoms with Gasteiger partial charge in [0, 0.05) is 0 Å². The summed E-state index contributed by atoms with van der Waals surface area (Å²) in [6.07, 6.45) is 0. The maximum Gasteiger partial charge on any atom is 0.114 e. The summed E-state index contributed by atoms with van der Waals surface area (Å²) in [7, 11) is -1.88. The molecule has 6 aromatic rings. The third-order valence-electron chi connectivity index (χ3n) is 7.64. The average molecular weight is 425 g/mol. The van der Waals surface area contributed by atoms with Gasteiger partial charge in [0.15, 0.2) is 0 Å². The molecule has 0 bridgehead atoms. The molecular formula is C31H24Si. The summed E-state index contributed by atoms with van der Waals surface area (Å²) in [6.45, 7) is 7.28. The molecule has 7 rings (SSSR count). The van der Waals surface area contributed by atoms with Crippen LogP contribution in [-0.4, -0.2) is 8.07 Å². The maximum absolute atomic E-state index is 2.54. The molecule has 6 aromatic carbocycles. The molecule has 32 heavy (non-hydrogen) atoms. The van der Waals surface area contributed by atoms with E-state index in [1.807, 2.05) is 0 Å². The van der Waals surface area contributed by atoms with Crippen LogP contribution in [0.15, 0.2) is 91.0 Å². The van der Waals surface area contributed by atoms with E-state index in [2.05, 4.69) is 111 Å². The van der Waals surface area contributed by atoms with E-state index in [1.165, 1.54) is 59.8 Å². The minimum Gasteiger partial charge on any atom is -0.0623 e. The van der Waals surface area contributed by atoms with E-state index in [-0.39, 0.29) is 0 Å². The van der Waals surface area contributed by atoms with Crippen LogP contribution in [-0.2, 0) is 0 Å². The average Bonchev–Trinajstić information content (AvgIpc) is 3.06. The van der Waals surface area contributed by atoms with Gasteiger partial charge in [0.25, 0.3) is 0 Å². The maximum atomic E-state index is 2.54. The highest BCUT2D eigenvalue weighted by atomic mass is 28.3. The molecule has 0 saturated heterocycles. The van der Waals surface area contributed by atoms with Crippen LogP contribution in [0.25, 0.3) is 54.2 Å². The molecule has 0 amide bonds. The van der Waals surface area contributed by atoms with Crippen LogP contribution in [0.2, 0.25) is 13.1 Å². The molecular weight excluding hydrogens is 400 g/mol. The third kappa shape index (κ3) is 2.12. The van der Waals surface area contributed by atoms with Crippen LogP contribution in [0.3, 0.4) is 0 Å². The second-order valence-corrected chi connectivity index (χ2v) is 14.1. The second-order valence-electron chi connectivity index (χ2n) is 9.81. The topological polar surface area (TPSA) is 0 Å². The van der Waals surface area contributed by atoms with Crippen molar-refractivity contribution in [2.75, 3.05) is 0 Å². The molecule has 0 unspecified atom stereocenters. The van der Waals surface area contributed by atoms with Crippen LogP contribution < -0.4 is 10.4 Å². The highest BCUT2D eigenvalue weighted by Gasteiger charge is 2.40. The Hall–Kier alpha value is -3.42. The summed E-state index contributed by atoms with van der Waals surface area (Å²) in [6, 6.07) is 34.3. The first-order chi connectivity index (χ1) is 15.6. The third-order valence-corrected chi connectivity index (χ3v) is 11.2. The zero-order chi connectivity index (χ0) is 21.6. The van der Waals surface area contributed by atoms with Crippen molar-refractivity contribution in [2.45, 2.75) is 20.0 Å². The predicted molar refractivity (Wildman–Crippen MR) is 143 cm³/mol. The highest BCUT2D eigenvalue weighted by molar-refractivity contribution is 7.05. The number of rotatable bonds is 0. The Morgan fingerprint density at radius 1 is 0.531 bits per heavy atom. The summed E-state index contributed by atoms with van der Waals surface area (Å²) in [5.74, 6) is 0. The van der Waals surface area contributed by atoms with Crippen LogP contribution in [0.1, 0.15) is 5.56 Å². The lowest BCUT2D eigenvalue weighted by molar-refractivity contribution is 1.51. The lowest BCUT2D eigenvalue weighted by Gasteiger charge is -2.24. The SMILES string of the molecule is Cc1ccc2c(c1)c1ccccc1c1c3c(c4ccccc4c21)-c1ccccc1[Si]3(C)C. The number of hydrogen-bond donors (Lipinski definition) is 0. The van der Waals surface area contributed by atoms with Gasteiger partial charge in [0.1, 0.15) is 8.07 Å². The van der Waals surface area contributed by atoms with E-state index in [0.717, 1.165) is 0 Å². The van der Waals surface area contributed by atoms with Crippen molar-refractivity contribution in [3.8, 4) is 11.1 Å². The van der Waals surface area contributed by atoms with Gasteiger partial charge in [-0.3, -0.25) is 0 Å². The van der Waals surface area contributed by atoms with Gasteiger partial charge >= 0.3 is 0 Å². The quantitative estimate of drug-likeness (QED) is 0.176. The number of aryl methyl sites for hydroxylation is 1. The van der Waals surface area contributed by atoms with Gasteiger partial charge in [-0.05, 0) is 71.5 Å². The molecule has 1 heterocycles. The normalized spacial score (nSPS) is 14.3. The predicted octanol–water partition coefficient (Wildman–Crippen LogP) is 7.41. The summed E-state index contributed by atoms with van der Waals surface area (Å²) in [4.78, 5) is 0. The molecule has 0 N–H and O–H groups in total. The number of benzene rings is 6. The fraction of sp³-hybridized carbons (Fsp3) is 0.0968. The zero-order valence-electron chi connectivity index (χ0n) is 18.7. The van der Waals surface area contributed by atoms with Crippen molar-refractivity contribution in [2.24, 2.45) is 0 Å². The summed E-state index contributed by atoms with van der Waals surface area (Å²) < 4.78 is 0. The molecule has 0 atom stereocenters.